The lowest BCUT2D eigenvalue weighted by Crippen LogP contribution is -2.45. The highest BCUT2D eigenvalue weighted by Crippen LogP contribution is 2.90. The fourth-order valence-electron chi connectivity index (χ4n) is 6.51. The Kier molecular flexibility index (Phi) is 2.67. The first-order valence-electron chi connectivity index (χ1n) is 7.81. The topological polar surface area (TPSA) is 63.2 Å². The van der Waals surface area contributed by atoms with Crippen LogP contribution >= 0.6 is 0 Å². The molecule has 1 N–H and O–H groups in total. The number of carbonyl (C=O) groups is 1. The summed E-state index contributed by atoms with van der Waals surface area (Å²) >= 11 is 0. The summed E-state index contributed by atoms with van der Waals surface area (Å²) in [5.74, 6) is 0.0511. The first-order chi connectivity index (χ1) is 9.30. The van der Waals surface area contributed by atoms with Crippen molar-refractivity contribution in [3.8, 4) is 0 Å². The lowest BCUT2D eigenvalue weighted by molar-refractivity contribution is -0.128. The van der Waals surface area contributed by atoms with Crippen LogP contribution in [-0.2, 0) is 14.8 Å². The minimum Gasteiger partial charge on any atom is -0.274 e. The van der Waals surface area contributed by atoms with Crippen molar-refractivity contribution in [1.29, 1.82) is 0 Å². The van der Waals surface area contributed by atoms with Crippen molar-refractivity contribution in [3.05, 3.63) is 0 Å². The summed E-state index contributed by atoms with van der Waals surface area (Å²) in [5.41, 5.74) is 0.583. The zero-order valence-electron chi connectivity index (χ0n) is 13.9. The SMILES string of the molecule is CC12CCC(C(=O)NS(C)(=O)=O)C3(C1)C(C2(C)C)C3(C)C. The second-order valence-corrected chi connectivity index (χ2v) is 10.7. The zero-order valence-corrected chi connectivity index (χ0v) is 14.7. The molecule has 4 nitrogen and oxygen atoms in total. The Morgan fingerprint density at radius 2 is 1.67 bits per heavy atom. The van der Waals surface area contributed by atoms with E-state index in [1.165, 1.54) is 0 Å². The van der Waals surface area contributed by atoms with Crippen LogP contribution in [0.4, 0.5) is 0 Å². The normalized spacial score (nSPS) is 45.8. The van der Waals surface area contributed by atoms with Gasteiger partial charge < -0.3 is 0 Å². The molecule has 3 aliphatic carbocycles. The van der Waals surface area contributed by atoms with E-state index in [1.807, 2.05) is 0 Å². The number of amides is 1. The van der Waals surface area contributed by atoms with Gasteiger partial charge in [0.2, 0.25) is 15.9 Å². The van der Waals surface area contributed by atoms with Gasteiger partial charge in [-0.15, -0.1) is 0 Å². The minimum absolute atomic E-state index is 0.0156. The van der Waals surface area contributed by atoms with Crippen molar-refractivity contribution in [3.63, 3.8) is 0 Å². The van der Waals surface area contributed by atoms with Crippen molar-refractivity contribution in [2.45, 2.75) is 53.9 Å². The third-order valence-electron chi connectivity index (χ3n) is 7.52. The number of nitrogens with one attached hydrogen (secondary N) is 1. The van der Waals surface area contributed by atoms with Crippen LogP contribution in [0.2, 0.25) is 0 Å². The smallest absolute Gasteiger partial charge is 0.237 e. The highest BCUT2D eigenvalue weighted by Gasteiger charge is 2.86. The van der Waals surface area contributed by atoms with Crippen molar-refractivity contribution in [2.75, 3.05) is 6.26 Å². The summed E-state index contributed by atoms with van der Waals surface area (Å²) in [6.07, 6.45) is 3.92. The van der Waals surface area contributed by atoms with Crippen LogP contribution in [0.1, 0.15) is 53.9 Å². The van der Waals surface area contributed by atoms with Gasteiger partial charge in [0.15, 0.2) is 0 Å². The van der Waals surface area contributed by atoms with Crippen molar-refractivity contribution in [1.82, 2.24) is 4.72 Å². The van der Waals surface area contributed by atoms with Crippen LogP contribution < -0.4 is 4.72 Å². The zero-order chi connectivity index (χ0) is 16.1. The van der Waals surface area contributed by atoms with Gasteiger partial charge in [-0.25, -0.2) is 8.42 Å². The van der Waals surface area contributed by atoms with Crippen LogP contribution in [0.3, 0.4) is 0 Å². The van der Waals surface area contributed by atoms with Crippen molar-refractivity contribution < 1.29 is 13.2 Å². The third kappa shape index (κ3) is 1.61. The molecule has 21 heavy (non-hydrogen) atoms. The van der Waals surface area contributed by atoms with E-state index in [0.717, 1.165) is 25.5 Å². The molecule has 3 fully saturated rings. The van der Waals surface area contributed by atoms with E-state index in [-0.39, 0.29) is 33.5 Å². The quantitative estimate of drug-likeness (QED) is 0.852. The van der Waals surface area contributed by atoms with Crippen LogP contribution in [0.25, 0.3) is 0 Å². The Morgan fingerprint density at radius 3 is 2.19 bits per heavy atom. The minimum atomic E-state index is -3.48. The number of fused-ring (bicyclic) bond motifs is 1. The summed E-state index contributed by atoms with van der Waals surface area (Å²) in [4.78, 5) is 12.5. The van der Waals surface area contributed by atoms with Gasteiger partial charge in [-0.3, -0.25) is 9.52 Å². The molecule has 1 spiro atoms. The van der Waals surface area contributed by atoms with Crippen molar-refractivity contribution >= 4 is 15.9 Å². The highest BCUT2D eigenvalue weighted by molar-refractivity contribution is 7.89. The maximum Gasteiger partial charge on any atom is 0.237 e. The van der Waals surface area contributed by atoms with E-state index in [2.05, 4.69) is 39.3 Å². The van der Waals surface area contributed by atoms with E-state index < -0.39 is 10.0 Å². The monoisotopic (exact) mass is 313 g/mol. The molecule has 0 aliphatic heterocycles. The predicted molar refractivity (Wildman–Crippen MR) is 81.9 cm³/mol. The Balaban J connectivity index is 2.00. The van der Waals surface area contributed by atoms with Gasteiger partial charge in [-0.05, 0) is 46.8 Å². The summed E-state index contributed by atoms with van der Waals surface area (Å²) in [6, 6.07) is 0. The predicted octanol–water partition coefficient (Wildman–Crippen LogP) is 2.55. The van der Waals surface area contributed by atoms with Gasteiger partial charge in [0.1, 0.15) is 0 Å². The molecule has 2 bridgehead atoms. The molecule has 0 aromatic heterocycles. The van der Waals surface area contributed by atoms with Gasteiger partial charge >= 0.3 is 0 Å². The Morgan fingerprint density at radius 1 is 1.10 bits per heavy atom. The molecule has 0 aromatic rings. The fourth-order valence-corrected chi connectivity index (χ4v) is 7.02. The number of hydrogen-bond acceptors (Lipinski definition) is 3. The Hall–Kier alpha value is -0.580. The lowest BCUT2D eigenvalue weighted by Gasteiger charge is -2.48. The number of rotatable bonds is 2. The highest BCUT2D eigenvalue weighted by atomic mass is 32.2. The molecule has 3 rings (SSSR count). The van der Waals surface area contributed by atoms with Crippen molar-refractivity contribution in [2.24, 2.45) is 33.5 Å². The van der Waals surface area contributed by atoms with E-state index >= 15 is 0 Å². The van der Waals surface area contributed by atoms with Gasteiger partial charge in [-0.2, -0.15) is 0 Å². The van der Waals surface area contributed by atoms with Crippen LogP contribution in [0.5, 0.6) is 0 Å². The van der Waals surface area contributed by atoms with Crippen LogP contribution in [-0.4, -0.2) is 20.6 Å². The number of carbonyl (C=O) groups excluding carboxylic acids is 1. The van der Waals surface area contributed by atoms with Crippen LogP contribution in [0.15, 0.2) is 0 Å². The molecule has 5 heteroatoms. The number of sulfonamides is 1. The van der Waals surface area contributed by atoms with E-state index in [4.69, 9.17) is 0 Å². The number of hydrogen-bond donors (Lipinski definition) is 1. The molecule has 0 saturated heterocycles. The molecule has 120 valence electrons. The van der Waals surface area contributed by atoms with Gasteiger partial charge in [-0.1, -0.05) is 34.6 Å². The largest absolute Gasteiger partial charge is 0.274 e. The fraction of sp³-hybridized carbons (Fsp3) is 0.938. The summed E-state index contributed by atoms with van der Waals surface area (Å²) in [5, 5.41) is 0. The molecular weight excluding hydrogens is 286 g/mol. The lowest BCUT2D eigenvalue weighted by atomic mass is 9.56. The average Bonchev–Trinajstić information content (AvgIpc) is 2.64. The molecule has 0 heterocycles. The van der Waals surface area contributed by atoms with Crippen LogP contribution in [0, 0.1) is 33.5 Å². The Bertz CT molecular complexity index is 621. The second-order valence-electron chi connectivity index (χ2n) is 8.98. The maximum absolute atomic E-state index is 12.5. The standard InChI is InChI=1S/C16H27NO3S/c1-13(2)12-14(3,4)16(12)9-15(13,5)8-7-10(16)11(18)17-21(6,19)20/h10,12H,7-9H2,1-6H3,(H,17,18). The molecule has 4 unspecified atom stereocenters. The Labute approximate surface area is 128 Å². The summed E-state index contributed by atoms with van der Waals surface area (Å²) in [7, 11) is -3.48. The molecule has 3 saturated carbocycles. The van der Waals surface area contributed by atoms with E-state index in [1.54, 1.807) is 0 Å². The molecule has 4 atom stereocenters. The molecular formula is C16H27NO3S. The van der Waals surface area contributed by atoms with E-state index in [0.29, 0.717) is 5.92 Å². The summed E-state index contributed by atoms with van der Waals surface area (Å²) in [6.45, 7) is 11.5. The molecule has 3 aliphatic rings. The van der Waals surface area contributed by atoms with E-state index in [9.17, 15) is 13.2 Å². The average molecular weight is 313 g/mol. The van der Waals surface area contributed by atoms with Gasteiger partial charge in [0.25, 0.3) is 0 Å². The first kappa shape index (κ1) is 15.3. The summed E-state index contributed by atoms with van der Waals surface area (Å²) < 4.78 is 25.1. The third-order valence-corrected chi connectivity index (χ3v) is 8.09. The molecule has 0 radical (unpaired) electrons. The first-order valence-corrected chi connectivity index (χ1v) is 9.70. The molecule has 0 aromatic carbocycles. The second kappa shape index (κ2) is 3.66. The van der Waals surface area contributed by atoms with Gasteiger partial charge in [0, 0.05) is 5.92 Å². The maximum atomic E-state index is 12.5. The van der Waals surface area contributed by atoms with Gasteiger partial charge in [0.05, 0.1) is 6.26 Å². The molecule has 1 amide bonds.